The Bertz CT molecular complexity index is 713. The van der Waals surface area contributed by atoms with Crippen molar-refractivity contribution in [3.63, 3.8) is 0 Å². The number of nitrogens with one attached hydrogen (secondary N) is 1. The molecule has 1 aromatic rings. The van der Waals surface area contributed by atoms with Gasteiger partial charge in [0.15, 0.2) is 0 Å². The van der Waals surface area contributed by atoms with Gasteiger partial charge in [0.2, 0.25) is 10.0 Å². The molecule has 0 amide bonds. The van der Waals surface area contributed by atoms with Gasteiger partial charge in [0.05, 0.1) is 9.79 Å². The summed E-state index contributed by atoms with van der Waals surface area (Å²) >= 11 is 0. The minimum Gasteiger partial charge on any atom is -0.303 e. The third-order valence-corrected chi connectivity index (χ3v) is 5.52. The first-order valence-electron chi connectivity index (χ1n) is 6.08. The van der Waals surface area contributed by atoms with Gasteiger partial charge in [-0.1, -0.05) is 6.07 Å². The van der Waals surface area contributed by atoms with Crippen LogP contribution >= 0.6 is 0 Å². The summed E-state index contributed by atoms with van der Waals surface area (Å²) < 4.78 is 61.2. The maximum absolute atomic E-state index is 12.9. The number of hydrogen-bond acceptors (Lipinski definition) is 5. The van der Waals surface area contributed by atoms with Crippen LogP contribution in [0.2, 0.25) is 0 Å². The highest BCUT2D eigenvalue weighted by molar-refractivity contribution is 7.89. The summed E-state index contributed by atoms with van der Waals surface area (Å²) in [6.45, 7) is 3.81. The number of benzene rings is 1. The van der Waals surface area contributed by atoms with Gasteiger partial charge >= 0.3 is 10.2 Å². The zero-order chi connectivity index (χ0) is 16.5. The van der Waals surface area contributed by atoms with E-state index in [0.717, 1.165) is 12.1 Å². The van der Waals surface area contributed by atoms with Crippen LogP contribution in [0, 0.1) is 0 Å². The molecule has 0 radical (unpaired) electrons. The fraction of sp³-hybridized carbons (Fsp3) is 0.500. The average molecular weight is 338 g/mol. The molecule has 0 aliphatic rings. The lowest BCUT2D eigenvalue weighted by atomic mass is 10.1. The summed E-state index contributed by atoms with van der Waals surface area (Å²) in [5.74, 6) is 0. The molecule has 0 fully saturated rings. The van der Waals surface area contributed by atoms with Crippen molar-refractivity contribution in [2.75, 3.05) is 20.6 Å². The monoisotopic (exact) mass is 338 g/mol. The van der Waals surface area contributed by atoms with Crippen molar-refractivity contribution >= 4 is 20.2 Å². The quantitative estimate of drug-likeness (QED) is 0.781. The highest BCUT2D eigenvalue weighted by Gasteiger charge is 2.25. The van der Waals surface area contributed by atoms with Crippen LogP contribution in [0.1, 0.15) is 13.8 Å². The summed E-state index contributed by atoms with van der Waals surface area (Å²) in [7, 11) is -5.24. The number of hydrogen-bond donors (Lipinski definition) is 1. The van der Waals surface area contributed by atoms with E-state index in [2.05, 4.69) is 4.72 Å². The zero-order valence-electron chi connectivity index (χ0n) is 12.3. The Morgan fingerprint density at radius 1 is 1.14 bits per heavy atom. The highest BCUT2D eigenvalue weighted by Crippen LogP contribution is 2.18. The second-order valence-electron chi connectivity index (χ2n) is 5.44. The second kappa shape index (κ2) is 5.99. The smallest absolute Gasteiger partial charge is 0.303 e. The number of sulfonamides is 1. The van der Waals surface area contributed by atoms with E-state index in [1.807, 2.05) is 32.8 Å². The molecular formula is C12H19FN2O4S2. The van der Waals surface area contributed by atoms with Crippen LogP contribution in [0.4, 0.5) is 3.89 Å². The number of nitrogens with zero attached hydrogens (tertiary/aromatic N) is 1. The minimum absolute atomic E-state index is 0.120. The topological polar surface area (TPSA) is 83.6 Å². The second-order valence-corrected chi connectivity index (χ2v) is 8.56. The molecule has 21 heavy (non-hydrogen) atoms. The van der Waals surface area contributed by atoms with Gasteiger partial charge in [-0.15, -0.1) is 3.89 Å². The maximum atomic E-state index is 12.9. The zero-order valence-corrected chi connectivity index (χ0v) is 13.9. The van der Waals surface area contributed by atoms with Crippen molar-refractivity contribution in [1.29, 1.82) is 0 Å². The fourth-order valence-corrected chi connectivity index (χ4v) is 3.14. The summed E-state index contributed by atoms with van der Waals surface area (Å²) in [5.41, 5.74) is -0.434. The molecule has 120 valence electrons. The van der Waals surface area contributed by atoms with Gasteiger partial charge in [-0.2, -0.15) is 8.42 Å². The Hall–Kier alpha value is -1.03. The van der Waals surface area contributed by atoms with E-state index >= 15 is 0 Å². The molecule has 6 nitrogen and oxygen atoms in total. The molecular weight excluding hydrogens is 319 g/mol. The average Bonchev–Trinajstić information content (AvgIpc) is 2.36. The number of rotatable bonds is 6. The van der Waals surface area contributed by atoms with Gasteiger partial charge in [-0.3, -0.25) is 0 Å². The van der Waals surface area contributed by atoms with Crippen LogP contribution in [-0.4, -0.2) is 47.9 Å². The van der Waals surface area contributed by atoms with E-state index < -0.39 is 30.7 Å². The van der Waals surface area contributed by atoms with Crippen molar-refractivity contribution in [2.24, 2.45) is 0 Å². The first-order valence-corrected chi connectivity index (χ1v) is 8.95. The van der Waals surface area contributed by atoms with E-state index in [1.54, 1.807) is 0 Å². The van der Waals surface area contributed by atoms with Crippen LogP contribution in [0.15, 0.2) is 34.1 Å². The Kier molecular flexibility index (Phi) is 5.14. The molecule has 9 heteroatoms. The molecule has 0 aromatic heterocycles. The van der Waals surface area contributed by atoms with Gasteiger partial charge in [-0.05, 0) is 46.1 Å². The highest BCUT2D eigenvalue weighted by atomic mass is 32.3. The van der Waals surface area contributed by atoms with Crippen molar-refractivity contribution in [2.45, 2.75) is 29.2 Å². The number of halogens is 1. The van der Waals surface area contributed by atoms with Gasteiger partial charge in [0.25, 0.3) is 0 Å². The molecule has 0 unspecified atom stereocenters. The summed E-state index contributed by atoms with van der Waals surface area (Å²) in [6, 6.07) is 4.18. The SMILES string of the molecule is CN(C)C(C)(C)CNS(=O)(=O)c1cccc(S(=O)(=O)F)c1. The molecule has 0 saturated carbocycles. The minimum atomic E-state index is -4.94. The third kappa shape index (κ3) is 4.73. The van der Waals surface area contributed by atoms with Gasteiger partial charge in [-0.25, -0.2) is 13.1 Å². The molecule has 0 saturated heterocycles. The molecule has 0 bridgehead atoms. The third-order valence-electron chi connectivity index (χ3n) is 3.30. The first-order chi connectivity index (χ1) is 9.36. The van der Waals surface area contributed by atoms with Gasteiger partial charge in [0.1, 0.15) is 0 Å². The normalized spacial score (nSPS) is 13.6. The molecule has 1 rings (SSSR count). The molecule has 0 atom stereocenters. The van der Waals surface area contributed by atoms with Crippen LogP contribution in [0.5, 0.6) is 0 Å². The van der Waals surface area contributed by atoms with Crippen molar-refractivity contribution in [1.82, 2.24) is 9.62 Å². The van der Waals surface area contributed by atoms with Crippen LogP contribution in [0.3, 0.4) is 0 Å². The summed E-state index contributed by atoms with van der Waals surface area (Å²) in [4.78, 5) is 0.867. The summed E-state index contributed by atoms with van der Waals surface area (Å²) in [5, 5.41) is 0. The Balaban J connectivity index is 3.05. The molecule has 0 aliphatic heterocycles. The Morgan fingerprint density at radius 2 is 1.67 bits per heavy atom. The van der Waals surface area contributed by atoms with Crippen LogP contribution in [-0.2, 0) is 20.2 Å². The molecule has 0 heterocycles. The molecule has 0 aliphatic carbocycles. The van der Waals surface area contributed by atoms with Gasteiger partial charge in [0, 0.05) is 12.1 Å². The lowest BCUT2D eigenvalue weighted by Gasteiger charge is -2.32. The molecule has 1 aromatic carbocycles. The van der Waals surface area contributed by atoms with E-state index in [9.17, 15) is 20.7 Å². The first kappa shape index (κ1) is 18.0. The van der Waals surface area contributed by atoms with Crippen molar-refractivity contribution in [3.05, 3.63) is 24.3 Å². The van der Waals surface area contributed by atoms with E-state index in [4.69, 9.17) is 0 Å². The number of likely N-dealkylation sites (N-methyl/N-ethyl adjacent to an activating group) is 1. The van der Waals surface area contributed by atoms with E-state index in [0.29, 0.717) is 0 Å². The predicted octanol–water partition coefficient (Wildman–Crippen LogP) is 0.963. The Labute approximate surface area is 125 Å². The molecule has 1 N–H and O–H groups in total. The Morgan fingerprint density at radius 3 is 2.14 bits per heavy atom. The van der Waals surface area contributed by atoms with Gasteiger partial charge < -0.3 is 4.90 Å². The van der Waals surface area contributed by atoms with Crippen LogP contribution in [0.25, 0.3) is 0 Å². The summed E-state index contributed by atoms with van der Waals surface area (Å²) in [6.07, 6.45) is 0. The van der Waals surface area contributed by atoms with Crippen molar-refractivity contribution in [3.8, 4) is 0 Å². The standard InChI is InChI=1S/C12H19FN2O4S2/c1-12(2,15(3)4)9-14-21(18,19)11-7-5-6-10(8-11)20(13,16)17/h5-8,14H,9H2,1-4H3. The van der Waals surface area contributed by atoms with Crippen LogP contribution < -0.4 is 4.72 Å². The predicted molar refractivity (Wildman–Crippen MR) is 77.7 cm³/mol. The van der Waals surface area contributed by atoms with Crippen molar-refractivity contribution < 1.29 is 20.7 Å². The largest absolute Gasteiger partial charge is 0.332 e. The van der Waals surface area contributed by atoms with E-state index in [-0.39, 0.29) is 11.4 Å². The fourth-order valence-electron chi connectivity index (χ4n) is 1.31. The van der Waals surface area contributed by atoms with E-state index in [1.165, 1.54) is 12.1 Å². The maximum Gasteiger partial charge on any atom is 0.332 e. The lowest BCUT2D eigenvalue weighted by Crippen LogP contribution is -2.48. The molecule has 0 spiro atoms. The lowest BCUT2D eigenvalue weighted by molar-refractivity contribution is 0.199.